The van der Waals surface area contributed by atoms with Crippen molar-refractivity contribution in [3.05, 3.63) is 61.2 Å². The summed E-state index contributed by atoms with van der Waals surface area (Å²) in [6.45, 7) is 15.2. The van der Waals surface area contributed by atoms with Crippen LogP contribution in [0.15, 0.2) is 55.6 Å². The minimum atomic E-state index is -1.12. The van der Waals surface area contributed by atoms with Gasteiger partial charge < -0.3 is 24.5 Å². The fourth-order valence-corrected chi connectivity index (χ4v) is 7.68. The number of likely N-dealkylation sites (tertiary alicyclic amines) is 1. The SMILES string of the molecule is C=CCN(CCCCC)C(=O)C1N([C@@H](CC)CO)C(=O)[C@@H]2[C@@H](C(=O)N(CC=C)Cc3ccccc3)[C@@]3(CC)CCC12O3. The topological polar surface area (TPSA) is 90.4 Å². The van der Waals surface area contributed by atoms with Gasteiger partial charge in [-0.25, -0.2) is 0 Å². The molecule has 1 aromatic rings. The van der Waals surface area contributed by atoms with Crippen LogP contribution in [0, 0.1) is 11.8 Å². The molecule has 1 aromatic carbocycles. The summed E-state index contributed by atoms with van der Waals surface area (Å²) in [4.78, 5) is 48.7. The summed E-state index contributed by atoms with van der Waals surface area (Å²) in [6.07, 6.45) is 8.45. The van der Waals surface area contributed by atoms with E-state index in [9.17, 15) is 19.5 Å². The Morgan fingerprint density at radius 1 is 1.07 bits per heavy atom. The molecule has 2 unspecified atom stereocenters. The molecule has 3 amide bonds. The molecule has 0 aliphatic carbocycles. The normalized spacial score (nSPS) is 28.4. The Morgan fingerprint density at radius 3 is 2.36 bits per heavy atom. The van der Waals surface area contributed by atoms with Crippen LogP contribution in [-0.2, 0) is 25.7 Å². The summed E-state index contributed by atoms with van der Waals surface area (Å²) >= 11 is 0. The van der Waals surface area contributed by atoms with Gasteiger partial charge in [0, 0.05) is 26.2 Å². The number of aliphatic hydroxyl groups excluding tert-OH is 1. The van der Waals surface area contributed by atoms with Crippen molar-refractivity contribution in [2.24, 2.45) is 11.8 Å². The number of unbranched alkanes of at least 4 members (excludes halogenated alkanes) is 2. The lowest BCUT2D eigenvalue weighted by Crippen LogP contribution is -2.59. The summed E-state index contributed by atoms with van der Waals surface area (Å²) in [7, 11) is 0. The lowest BCUT2D eigenvalue weighted by molar-refractivity contribution is -0.158. The molecular formula is C34H49N3O5. The lowest BCUT2D eigenvalue weighted by Gasteiger charge is -2.39. The highest BCUT2D eigenvalue weighted by Crippen LogP contribution is 2.65. The Bertz CT molecular complexity index is 1140. The van der Waals surface area contributed by atoms with Crippen LogP contribution in [0.25, 0.3) is 0 Å². The number of ether oxygens (including phenoxy) is 1. The number of fused-ring (bicyclic) bond motifs is 1. The Balaban J connectivity index is 1.78. The molecule has 230 valence electrons. The van der Waals surface area contributed by atoms with Crippen molar-refractivity contribution in [2.45, 2.75) is 95.5 Å². The maximum Gasteiger partial charge on any atom is 0.248 e. The first-order chi connectivity index (χ1) is 20.3. The highest BCUT2D eigenvalue weighted by molar-refractivity contribution is 5.99. The number of rotatable bonds is 16. The first-order valence-electron chi connectivity index (χ1n) is 15.8. The zero-order valence-corrected chi connectivity index (χ0v) is 25.7. The average Bonchev–Trinajstić information content (AvgIpc) is 3.61. The molecular weight excluding hydrogens is 530 g/mol. The van der Waals surface area contributed by atoms with Crippen LogP contribution < -0.4 is 0 Å². The molecule has 2 bridgehead atoms. The molecule has 1 spiro atoms. The van der Waals surface area contributed by atoms with Gasteiger partial charge in [0.2, 0.25) is 17.7 Å². The van der Waals surface area contributed by atoms with E-state index in [4.69, 9.17) is 4.74 Å². The fraction of sp³-hybridized carbons (Fsp3) is 0.618. The molecule has 42 heavy (non-hydrogen) atoms. The van der Waals surface area contributed by atoms with E-state index in [-0.39, 0.29) is 24.3 Å². The second-order valence-corrected chi connectivity index (χ2v) is 12.1. The number of nitrogens with zero attached hydrogens (tertiary/aromatic N) is 3. The van der Waals surface area contributed by atoms with Gasteiger partial charge >= 0.3 is 0 Å². The summed E-state index contributed by atoms with van der Waals surface area (Å²) < 4.78 is 6.97. The van der Waals surface area contributed by atoms with Gasteiger partial charge in [-0.3, -0.25) is 14.4 Å². The van der Waals surface area contributed by atoms with E-state index in [0.717, 1.165) is 24.8 Å². The van der Waals surface area contributed by atoms with Gasteiger partial charge in [0.05, 0.1) is 30.1 Å². The Hall–Kier alpha value is -2.97. The lowest BCUT2D eigenvalue weighted by atomic mass is 9.64. The summed E-state index contributed by atoms with van der Waals surface area (Å²) in [5.41, 5.74) is -0.961. The zero-order valence-electron chi connectivity index (χ0n) is 25.7. The molecule has 3 aliphatic rings. The minimum Gasteiger partial charge on any atom is -0.394 e. The minimum absolute atomic E-state index is 0.142. The van der Waals surface area contributed by atoms with E-state index in [1.807, 2.05) is 44.2 Å². The number of aliphatic hydroxyl groups is 1. The molecule has 3 aliphatic heterocycles. The maximum atomic E-state index is 14.6. The second-order valence-electron chi connectivity index (χ2n) is 12.1. The number of hydrogen-bond acceptors (Lipinski definition) is 5. The number of carbonyl (C=O) groups is 3. The molecule has 3 fully saturated rings. The summed E-state index contributed by atoms with van der Waals surface area (Å²) in [5, 5.41) is 10.4. The van der Waals surface area contributed by atoms with Crippen LogP contribution in [0.5, 0.6) is 0 Å². The number of amides is 3. The van der Waals surface area contributed by atoms with Crippen LogP contribution in [0.3, 0.4) is 0 Å². The molecule has 0 saturated carbocycles. The summed E-state index contributed by atoms with van der Waals surface area (Å²) in [5.74, 6) is -2.10. The van der Waals surface area contributed by atoms with Gasteiger partial charge in [-0.15, -0.1) is 13.2 Å². The highest BCUT2D eigenvalue weighted by Gasteiger charge is 2.79. The van der Waals surface area contributed by atoms with Crippen molar-refractivity contribution < 1.29 is 24.2 Å². The molecule has 0 aromatic heterocycles. The van der Waals surface area contributed by atoms with E-state index < -0.39 is 35.1 Å². The first kappa shape index (κ1) is 32.0. The third kappa shape index (κ3) is 5.44. The largest absolute Gasteiger partial charge is 0.394 e. The molecule has 3 heterocycles. The van der Waals surface area contributed by atoms with Gasteiger partial charge in [-0.1, -0.05) is 76.1 Å². The standard InChI is InChI=1S/C34H49N3O5/c1-6-11-15-22-35(20-7-2)32(41)29-34-19-18-33(10-5,42-34)27(28(34)31(40)37(29)26(9-4)24-38)30(39)36(21-8-3)23-25-16-13-12-14-17-25/h7-8,12-14,16-17,26-29,38H,2-3,6,9-11,15,18-24H2,1,4-5H3/t26-,27-,28-,29?,33+,34?/m0/s1. The van der Waals surface area contributed by atoms with Gasteiger partial charge in [-0.2, -0.15) is 0 Å². The van der Waals surface area contributed by atoms with E-state index in [1.165, 1.54) is 0 Å². The third-order valence-electron chi connectivity index (χ3n) is 9.76. The smallest absolute Gasteiger partial charge is 0.248 e. The molecule has 6 atom stereocenters. The fourth-order valence-electron chi connectivity index (χ4n) is 7.68. The average molecular weight is 580 g/mol. The van der Waals surface area contributed by atoms with Gasteiger partial charge in [0.1, 0.15) is 11.6 Å². The van der Waals surface area contributed by atoms with Crippen molar-refractivity contribution in [1.82, 2.24) is 14.7 Å². The van der Waals surface area contributed by atoms with E-state index in [2.05, 4.69) is 20.1 Å². The van der Waals surface area contributed by atoms with Crippen molar-refractivity contribution in [3.8, 4) is 0 Å². The molecule has 0 radical (unpaired) electrons. The number of hydrogen-bond donors (Lipinski definition) is 1. The number of benzene rings is 1. The third-order valence-corrected chi connectivity index (χ3v) is 9.76. The van der Waals surface area contributed by atoms with Crippen LogP contribution in [-0.4, -0.2) is 87.1 Å². The van der Waals surface area contributed by atoms with E-state index in [0.29, 0.717) is 51.9 Å². The molecule has 8 heteroatoms. The quantitative estimate of drug-likeness (QED) is 0.233. The molecule has 1 N–H and O–H groups in total. The predicted octanol–water partition coefficient (Wildman–Crippen LogP) is 4.33. The van der Waals surface area contributed by atoms with Crippen molar-refractivity contribution in [3.63, 3.8) is 0 Å². The van der Waals surface area contributed by atoms with E-state index >= 15 is 0 Å². The Labute approximate surface area is 251 Å². The Morgan fingerprint density at radius 2 is 1.76 bits per heavy atom. The van der Waals surface area contributed by atoms with Crippen LogP contribution in [0.2, 0.25) is 0 Å². The molecule has 4 rings (SSSR count). The van der Waals surface area contributed by atoms with Gasteiger partial charge in [0.15, 0.2) is 0 Å². The Kier molecular flexibility index (Phi) is 10.3. The monoisotopic (exact) mass is 579 g/mol. The van der Waals surface area contributed by atoms with Crippen LogP contribution in [0.4, 0.5) is 0 Å². The van der Waals surface area contributed by atoms with Crippen molar-refractivity contribution in [1.29, 1.82) is 0 Å². The molecule has 3 saturated heterocycles. The predicted molar refractivity (Wildman–Crippen MR) is 163 cm³/mol. The molecule has 8 nitrogen and oxygen atoms in total. The van der Waals surface area contributed by atoms with Crippen LogP contribution in [0.1, 0.15) is 71.3 Å². The second kappa shape index (κ2) is 13.6. The maximum absolute atomic E-state index is 14.6. The van der Waals surface area contributed by atoms with Crippen molar-refractivity contribution in [2.75, 3.05) is 26.2 Å². The van der Waals surface area contributed by atoms with Gasteiger partial charge in [-0.05, 0) is 37.7 Å². The van der Waals surface area contributed by atoms with Crippen LogP contribution >= 0.6 is 0 Å². The zero-order chi connectivity index (χ0) is 30.5. The van der Waals surface area contributed by atoms with Crippen molar-refractivity contribution >= 4 is 17.7 Å². The number of carbonyl (C=O) groups excluding carboxylic acids is 3. The first-order valence-corrected chi connectivity index (χ1v) is 15.8. The van der Waals surface area contributed by atoms with Gasteiger partial charge in [0.25, 0.3) is 0 Å². The summed E-state index contributed by atoms with van der Waals surface area (Å²) in [6, 6.07) is 8.34. The highest BCUT2D eigenvalue weighted by atomic mass is 16.5. The van der Waals surface area contributed by atoms with E-state index in [1.54, 1.807) is 26.9 Å².